The summed E-state index contributed by atoms with van der Waals surface area (Å²) in [6.07, 6.45) is 4.45. The second kappa shape index (κ2) is 8.38. The van der Waals surface area contributed by atoms with E-state index in [0.29, 0.717) is 31.0 Å². The largest absolute Gasteiger partial charge is 0.444 e. The van der Waals surface area contributed by atoms with Gasteiger partial charge in [0.15, 0.2) is 0 Å². The van der Waals surface area contributed by atoms with Crippen LogP contribution >= 0.6 is 0 Å². The van der Waals surface area contributed by atoms with Gasteiger partial charge in [-0.25, -0.2) is 9.59 Å². The number of aromatic nitrogens is 1. The molecule has 1 aliphatic heterocycles. The Kier molecular flexibility index (Phi) is 6.45. The highest BCUT2D eigenvalue weighted by Crippen LogP contribution is 2.23. The number of aryl methyl sites for hydroxylation is 1. The average molecular weight is 364 g/mol. The summed E-state index contributed by atoms with van der Waals surface area (Å²) in [6, 6.07) is 3.46. The Morgan fingerprint density at radius 1 is 1.23 bits per heavy atom. The van der Waals surface area contributed by atoms with E-state index in [9.17, 15) is 14.4 Å². The van der Waals surface area contributed by atoms with Crippen LogP contribution in [0.5, 0.6) is 0 Å². The third-order valence-electron chi connectivity index (χ3n) is 4.31. The van der Waals surface area contributed by atoms with Gasteiger partial charge in [0.2, 0.25) is 0 Å². The molecule has 1 fully saturated rings. The lowest BCUT2D eigenvalue weighted by Gasteiger charge is -2.33. The summed E-state index contributed by atoms with van der Waals surface area (Å²) in [6.45, 7) is 8.19. The van der Waals surface area contributed by atoms with E-state index in [0.717, 1.165) is 24.0 Å². The summed E-state index contributed by atoms with van der Waals surface area (Å²) in [5.41, 5.74) is -0.152. The highest BCUT2D eigenvalue weighted by Gasteiger charge is 2.26. The Labute approximate surface area is 153 Å². The van der Waals surface area contributed by atoms with Crippen molar-refractivity contribution in [2.75, 3.05) is 13.1 Å². The molecule has 0 bridgehead atoms. The minimum Gasteiger partial charge on any atom is -0.444 e. The number of nitrogens with zero attached hydrogens (tertiary/aromatic N) is 2. The first-order chi connectivity index (χ1) is 12.2. The topological polar surface area (TPSA) is 77.8 Å². The first kappa shape index (κ1) is 20.0. The molecule has 7 heteroatoms. The van der Waals surface area contributed by atoms with E-state index < -0.39 is 11.6 Å². The highest BCUT2D eigenvalue weighted by atomic mass is 16.7. The van der Waals surface area contributed by atoms with Crippen molar-refractivity contribution < 1.29 is 19.2 Å². The Bertz CT molecular complexity index is 697. The van der Waals surface area contributed by atoms with Crippen LogP contribution in [-0.4, -0.2) is 40.4 Å². The van der Waals surface area contributed by atoms with E-state index in [4.69, 9.17) is 9.57 Å². The van der Waals surface area contributed by atoms with E-state index in [-0.39, 0.29) is 11.7 Å². The molecule has 1 amide bonds. The third kappa shape index (κ3) is 5.89. The molecule has 7 nitrogen and oxygen atoms in total. The molecule has 2 rings (SSSR count). The fourth-order valence-electron chi connectivity index (χ4n) is 3.01. The maximum Gasteiger partial charge on any atom is 0.410 e. The van der Waals surface area contributed by atoms with E-state index in [1.165, 1.54) is 13.1 Å². The number of pyridine rings is 1. The molecule has 2 heterocycles. The van der Waals surface area contributed by atoms with Crippen molar-refractivity contribution in [2.24, 2.45) is 5.92 Å². The summed E-state index contributed by atoms with van der Waals surface area (Å²) in [4.78, 5) is 42.0. The smallest absolute Gasteiger partial charge is 0.410 e. The maximum atomic E-state index is 12.3. The molecule has 0 saturated carbocycles. The van der Waals surface area contributed by atoms with Crippen molar-refractivity contribution in [3.8, 4) is 0 Å². The second-order valence-electron chi connectivity index (χ2n) is 7.70. The summed E-state index contributed by atoms with van der Waals surface area (Å²) in [5.74, 6) is -0.0748. The van der Waals surface area contributed by atoms with Crippen molar-refractivity contribution in [2.45, 2.75) is 59.0 Å². The lowest BCUT2D eigenvalue weighted by Crippen LogP contribution is -2.41. The lowest BCUT2D eigenvalue weighted by atomic mass is 9.91. The van der Waals surface area contributed by atoms with Crippen molar-refractivity contribution in [1.29, 1.82) is 0 Å². The summed E-state index contributed by atoms with van der Waals surface area (Å²) in [7, 11) is 0. The first-order valence-electron chi connectivity index (χ1n) is 9.03. The molecule has 0 N–H and O–H groups in total. The Morgan fingerprint density at radius 2 is 1.88 bits per heavy atom. The number of carbonyl (C=O) groups excluding carboxylic acids is 2. The van der Waals surface area contributed by atoms with Gasteiger partial charge in [-0.05, 0) is 58.4 Å². The minimum absolute atomic E-state index is 0.261. The van der Waals surface area contributed by atoms with Crippen LogP contribution < -0.4 is 10.4 Å². The van der Waals surface area contributed by atoms with Gasteiger partial charge in [-0.3, -0.25) is 4.79 Å². The number of hydrogen-bond acceptors (Lipinski definition) is 5. The fraction of sp³-hybridized carbons (Fsp3) is 0.632. The molecule has 0 unspecified atom stereocenters. The van der Waals surface area contributed by atoms with Crippen molar-refractivity contribution in [3.63, 3.8) is 0 Å². The van der Waals surface area contributed by atoms with Gasteiger partial charge < -0.3 is 14.5 Å². The van der Waals surface area contributed by atoms with Crippen LogP contribution in [0.1, 0.15) is 52.5 Å². The quantitative estimate of drug-likeness (QED) is 0.820. The van der Waals surface area contributed by atoms with Crippen LogP contribution in [0.15, 0.2) is 23.1 Å². The maximum absolute atomic E-state index is 12.3. The van der Waals surface area contributed by atoms with Crippen LogP contribution in [0.2, 0.25) is 0 Å². The minimum atomic E-state index is -0.529. The third-order valence-corrected chi connectivity index (χ3v) is 4.31. The Hall–Kier alpha value is -2.31. The molecule has 1 aliphatic rings. The molecule has 0 spiro atoms. The molecule has 26 heavy (non-hydrogen) atoms. The van der Waals surface area contributed by atoms with Crippen molar-refractivity contribution in [1.82, 2.24) is 9.63 Å². The van der Waals surface area contributed by atoms with E-state index in [1.807, 2.05) is 20.8 Å². The number of piperidine rings is 1. The normalized spacial score (nSPS) is 15.6. The number of amides is 1. The molecule has 1 aromatic heterocycles. The van der Waals surface area contributed by atoms with Crippen LogP contribution in [0, 0.1) is 5.92 Å². The SMILES string of the molecule is CC(=O)On1cccc(CCC2CCN(C(=O)OC(C)(C)C)CC2)c1=O. The molecule has 0 atom stereocenters. The van der Waals surface area contributed by atoms with E-state index >= 15 is 0 Å². The molecule has 0 radical (unpaired) electrons. The molecule has 0 aromatic carbocycles. The van der Waals surface area contributed by atoms with Crippen LogP contribution in [0.3, 0.4) is 0 Å². The van der Waals surface area contributed by atoms with Gasteiger partial charge in [-0.15, -0.1) is 4.73 Å². The van der Waals surface area contributed by atoms with E-state index in [1.54, 1.807) is 17.0 Å². The van der Waals surface area contributed by atoms with Crippen molar-refractivity contribution >= 4 is 12.1 Å². The van der Waals surface area contributed by atoms with Crippen LogP contribution in [0.25, 0.3) is 0 Å². The van der Waals surface area contributed by atoms with Gasteiger partial charge >= 0.3 is 12.1 Å². The molecule has 1 saturated heterocycles. The predicted molar refractivity (Wildman–Crippen MR) is 96.8 cm³/mol. The molecule has 1 aromatic rings. The zero-order valence-corrected chi connectivity index (χ0v) is 16.0. The van der Waals surface area contributed by atoms with Gasteiger partial charge in [0.05, 0.1) is 0 Å². The van der Waals surface area contributed by atoms with Crippen LogP contribution in [0.4, 0.5) is 4.79 Å². The highest BCUT2D eigenvalue weighted by molar-refractivity contribution is 5.68. The monoisotopic (exact) mass is 364 g/mol. The zero-order chi connectivity index (χ0) is 19.3. The van der Waals surface area contributed by atoms with Gasteiger partial charge in [0, 0.05) is 31.8 Å². The molecular weight excluding hydrogens is 336 g/mol. The Balaban J connectivity index is 1.85. The number of hydrogen-bond donors (Lipinski definition) is 0. The molecule has 0 aliphatic carbocycles. The fourth-order valence-corrected chi connectivity index (χ4v) is 3.01. The van der Waals surface area contributed by atoms with Gasteiger partial charge in [0.25, 0.3) is 5.56 Å². The van der Waals surface area contributed by atoms with Gasteiger partial charge in [0.1, 0.15) is 5.60 Å². The zero-order valence-electron chi connectivity index (χ0n) is 16.0. The number of carbonyl (C=O) groups is 2. The Morgan fingerprint density at radius 3 is 2.46 bits per heavy atom. The number of ether oxygens (including phenoxy) is 1. The second-order valence-corrected chi connectivity index (χ2v) is 7.70. The molecular formula is C19H28N2O5. The number of likely N-dealkylation sites (tertiary alicyclic amines) is 1. The number of rotatable bonds is 4. The summed E-state index contributed by atoms with van der Waals surface area (Å²) >= 11 is 0. The summed E-state index contributed by atoms with van der Waals surface area (Å²) in [5, 5.41) is 0. The average Bonchev–Trinajstić information content (AvgIpc) is 2.54. The first-order valence-corrected chi connectivity index (χ1v) is 9.03. The van der Waals surface area contributed by atoms with Crippen LogP contribution in [-0.2, 0) is 16.0 Å². The van der Waals surface area contributed by atoms with Crippen molar-refractivity contribution in [3.05, 3.63) is 34.2 Å². The summed E-state index contributed by atoms with van der Waals surface area (Å²) < 4.78 is 6.38. The van der Waals surface area contributed by atoms with Gasteiger partial charge in [-0.1, -0.05) is 6.07 Å². The lowest BCUT2D eigenvalue weighted by molar-refractivity contribution is -0.141. The predicted octanol–water partition coefficient (Wildman–Crippen LogP) is 2.40. The standard InChI is InChI=1S/C19H28N2O5/c1-14(22)26-21-11-5-6-16(17(21)23)8-7-15-9-12-20(13-10-15)18(24)25-19(2,3)4/h5-6,11,15H,7-10,12-13H2,1-4H3. The van der Waals surface area contributed by atoms with E-state index in [2.05, 4.69) is 0 Å². The molecule has 144 valence electrons. The van der Waals surface area contributed by atoms with Gasteiger partial charge in [-0.2, -0.15) is 0 Å².